The number of hydrogen-bond donors (Lipinski definition) is 1. The minimum absolute atomic E-state index is 0.0863. The first-order valence-electron chi connectivity index (χ1n) is 11.0. The Bertz CT molecular complexity index is 1040. The first-order valence-corrected chi connectivity index (χ1v) is 12.7. The second-order valence-electron chi connectivity index (χ2n) is 9.49. The summed E-state index contributed by atoms with van der Waals surface area (Å²) in [6.45, 7) is 10.4. The molecule has 2 aromatic carbocycles. The van der Waals surface area contributed by atoms with Crippen LogP contribution in [-0.4, -0.2) is 53.1 Å². The van der Waals surface area contributed by atoms with E-state index in [1.165, 1.54) is 11.1 Å². The molecular weight excluding hydrogens is 483 g/mol. The maximum atomic E-state index is 11.0. The van der Waals surface area contributed by atoms with Gasteiger partial charge in [0.15, 0.2) is 0 Å². The first kappa shape index (κ1) is 25.3. The van der Waals surface area contributed by atoms with Crippen LogP contribution >= 0.6 is 0 Å². The third kappa shape index (κ3) is 6.40. The number of carboxylic acids is 1. The van der Waals surface area contributed by atoms with Gasteiger partial charge in [0.2, 0.25) is 0 Å². The van der Waals surface area contributed by atoms with Gasteiger partial charge in [-0.2, -0.15) is 0 Å². The van der Waals surface area contributed by atoms with Crippen molar-refractivity contribution in [2.45, 2.75) is 51.4 Å². The molecule has 0 unspecified atom stereocenters. The molecule has 0 amide bonds. The molecule has 0 bridgehead atoms. The van der Waals surface area contributed by atoms with Gasteiger partial charge in [-0.25, -0.2) is 0 Å². The van der Waals surface area contributed by atoms with E-state index < -0.39 is 5.97 Å². The Kier molecular flexibility index (Phi) is 8.26. The van der Waals surface area contributed by atoms with Gasteiger partial charge in [0.25, 0.3) is 0 Å². The molecule has 176 valence electrons. The minimum atomic E-state index is -0.937. The van der Waals surface area contributed by atoms with Gasteiger partial charge in [-0.05, 0) is 0 Å². The summed E-state index contributed by atoms with van der Waals surface area (Å²) in [5, 5.41) is 9.06. The molecule has 0 radical (unpaired) electrons. The monoisotopic (exact) mass is 516 g/mol. The zero-order valence-electron chi connectivity index (χ0n) is 20.0. The molecule has 0 saturated heterocycles. The maximum absolute atomic E-state index is 11.0. The fourth-order valence-electron chi connectivity index (χ4n) is 3.91. The fraction of sp³-hybridized carbons (Fsp3) is 0.444. The second kappa shape index (κ2) is 10.8. The summed E-state index contributed by atoms with van der Waals surface area (Å²) >= 11 is -0.139. The van der Waals surface area contributed by atoms with Gasteiger partial charge in [0.05, 0.1) is 0 Å². The van der Waals surface area contributed by atoms with Crippen LogP contribution in [0.5, 0.6) is 5.75 Å². The van der Waals surface area contributed by atoms with Crippen LogP contribution in [0.1, 0.15) is 67.6 Å². The second-order valence-corrected chi connectivity index (χ2v) is 11.3. The van der Waals surface area contributed by atoms with Crippen molar-refractivity contribution in [1.29, 1.82) is 0 Å². The van der Waals surface area contributed by atoms with Gasteiger partial charge in [0, 0.05) is 0 Å². The van der Waals surface area contributed by atoms with Crippen LogP contribution in [0.25, 0.3) is 0 Å². The van der Waals surface area contributed by atoms with Crippen LogP contribution in [0.15, 0.2) is 36.4 Å². The summed E-state index contributed by atoms with van der Waals surface area (Å²) in [6.07, 6.45) is 2.27. The number of ether oxygens (including phenoxy) is 3. The number of hydrogen-bond acceptors (Lipinski definition) is 4. The topological polar surface area (TPSA) is 65.0 Å². The molecule has 0 atom stereocenters. The summed E-state index contributed by atoms with van der Waals surface area (Å²) in [5.74, 6) is 3.06. The number of carboxylic acid groups (broad SMARTS) is 1. The Morgan fingerprint density at radius 2 is 1.67 bits per heavy atom. The van der Waals surface area contributed by atoms with Gasteiger partial charge in [-0.1, -0.05) is 0 Å². The van der Waals surface area contributed by atoms with E-state index in [0.29, 0.717) is 13.2 Å². The van der Waals surface area contributed by atoms with Crippen LogP contribution < -0.4 is 9.20 Å². The Morgan fingerprint density at radius 1 is 1.03 bits per heavy atom. The normalized spacial score (nSPS) is 15.8. The fourth-order valence-corrected chi connectivity index (χ4v) is 5.32. The average Bonchev–Trinajstić information content (AvgIpc) is 2.77. The van der Waals surface area contributed by atoms with Crippen molar-refractivity contribution >= 4 is 25.4 Å². The van der Waals surface area contributed by atoms with Crippen molar-refractivity contribution < 1.29 is 24.1 Å². The number of methoxy groups -OCH3 is 1. The molecule has 1 aliphatic carbocycles. The number of benzene rings is 2. The predicted molar refractivity (Wildman–Crippen MR) is 131 cm³/mol. The molecule has 0 aliphatic heterocycles. The Hall–Kier alpha value is -2.29. The number of aromatic carboxylic acids is 1. The molecule has 6 heteroatoms. The van der Waals surface area contributed by atoms with Gasteiger partial charge >= 0.3 is 203 Å². The van der Waals surface area contributed by atoms with Crippen molar-refractivity contribution in [3.63, 3.8) is 0 Å². The van der Waals surface area contributed by atoms with Crippen molar-refractivity contribution in [3.8, 4) is 16.5 Å². The third-order valence-corrected chi connectivity index (χ3v) is 7.69. The summed E-state index contributed by atoms with van der Waals surface area (Å²) in [6, 6.07) is 11.1. The van der Waals surface area contributed by atoms with Gasteiger partial charge in [-0.15, -0.1) is 0 Å². The van der Waals surface area contributed by atoms with Crippen LogP contribution in [0.3, 0.4) is 0 Å². The molecule has 3 rings (SSSR count). The summed E-state index contributed by atoms with van der Waals surface area (Å²) in [4.78, 5) is 14.3. The molecular formula is C27H32O5Se. The van der Waals surface area contributed by atoms with E-state index in [9.17, 15) is 4.79 Å². The molecule has 0 fully saturated rings. The van der Waals surface area contributed by atoms with E-state index in [4.69, 9.17) is 19.3 Å². The first-order chi connectivity index (χ1) is 15.6. The Labute approximate surface area is 203 Å². The van der Waals surface area contributed by atoms with Crippen LogP contribution in [0, 0.1) is 10.7 Å². The molecule has 33 heavy (non-hydrogen) atoms. The van der Waals surface area contributed by atoms with Crippen molar-refractivity contribution in [2.75, 3.05) is 27.1 Å². The Morgan fingerprint density at radius 3 is 2.27 bits per heavy atom. The van der Waals surface area contributed by atoms with E-state index in [0.717, 1.165) is 28.6 Å². The van der Waals surface area contributed by atoms with E-state index in [1.807, 2.05) is 0 Å². The molecule has 0 spiro atoms. The number of carbonyl (C=O) groups is 1. The van der Waals surface area contributed by atoms with Crippen molar-refractivity contribution in [3.05, 3.63) is 58.7 Å². The van der Waals surface area contributed by atoms with Gasteiger partial charge in [-0.3, -0.25) is 0 Å². The molecule has 5 nitrogen and oxygen atoms in total. The van der Waals surface area contributed by atoms with Crippen LogP contribution in [0.4, 0.5) is 0 Å². The summed E-state index contributed by atoms with van der Waals surface area (Å²) in [7, 11) is 1.64. The summed E-state index contributed by atoms with van der Waals surface area (Å²) in [5.41, 5.74) is 3.95. The van der Waals surface area contributed by atoms with Crippen molar-refractivity contribution in [1.82, 2.24) is 0 Å². The standard InChI is InChI=1S/C27H32O5Se/c1-26(2)11-12-27(3,4)22-17-24(23(16-21(22)26)32-18-31-14-13-30-5)33-15-10-19-6-8-20(9-7-19)25(28)29/h6-9,16-17H,11-14,18H2,1-5H3,(H,28,29). The molecule has 1 aliphatic rings. The number of fused-ring (bicyclic) bond motifs is 1. The SMILES string of the molecule is COCCOCOc1cc2c(cc1[Se]C#Cc1ccc(C(=O)O)cc1)C(C)(C)CCC2(C)C. The van der Waals surface area contributed by atoms with Crippen molar-refractivity contribution in [2.24, 2.45) is 0 Å². The number of rotatable bonds is 8. The molecule has 2 aromatic rings. The van der Waals surface area contributed by atoms with Gasteiger partial charge < -0.3 is 0 Å². The predicted octanol–water partition coefficient (Wildman–Crippen LogP) is 4.07. The third-order valence-electron chi connectivity index (χ3n) is 6.13. The van der Waals surface area contributed by atoms with E-state index in [1.54, 1.807) is 31.4 Å². The van der Waals surface area contributed by atoms with Crippen LogP contribution in [0.2, 0.25) is 0 Å². The van der Waals surface area contributed by atoms with E-state index in [2.05, 4.69) is 50.6 Å². The molecule has 0 heterocycles. The zero-order valence-corrected chi connectivity index (χ0v) is 21.7. The molecule has 0 aromatic heterocycles. The Balaban J connectivity index is 1.89. The summed E-state index contributed by atoms with van der Waals surface area (Å²) < 4.78 is 17.7. The van der Waals surface area contributed by atoms with E-state index >= 15 is 0 Å². The quantitative estimate of drug-likeness (QED) is 0.249. The van der Waals surface area contributed by atoms with Gasteiger partial charge in [0.1, 0.15) is 0 Å². The molecule has 0 saturated carbocycles. The van der Waals surface area contributed by atoms with Crippen LogP contribution in [-0.2, 0) is 20.3 Å². The zero-order chi connectivity index (χ0) is 24.1. The van der Waals surface area contributed by atoms with E-state index in [-0.39, 0.29) is 38.1 Å². The molecule has 1 N–H and O–H groups in total. The average molecular weight is 516 g/mol.